The van der Waals surface area contributed by atoms with E-state index in [1.807, 2.05) is 41.5 Å². The molecule has 0 atom stereocenters. The van der Waals surface area contributed by atoms with Gasteiger partial charge in [0, 0.05) is 38.5 Å². The summed E-state index contributed by atoms with van der Waals surface area (Å²) in [5.74, 6) is -2.91. The summed E-state index contributed by atoms with van der Waals surface area (Å²) >= 11 is 0. The predicted molar refractivity (Wildman–Crippen MR) is 76.4 cm³/mol. The van der Waals surface area contributed by atoms with Crippen molar-refractivity contribution in [3.05, 3.63) is 0 Å². The average molecular weight is 306 g/mol. The zero-order chi connectivity index (χ0) is 16.0. The Kier molecular flexibility index (Phi) is 7.03. The van der Waals surface area contributed by atoms with Crippen LogP contribution in [0.15, 0.2) is 0 Å². The molecule has 0 aliphatic carbocycles. The molecule has 1 aliphatic heterocycles. The second-order valence-electron chi connectivity index (χ2n) is 5.35. The minimum atomic E-state index is -0.970. The van der Waals surface area contributed by atoms with Crippen LogP contribution in [0.1, 0.15) is 80.1 Å². The first-order valence-corrected chi connectivity index (χ1v) is 8.09. The topological polar surface area (TPSA) is 55.4 Å². The Morgan fingerprint density at radius 3 is 0.619 bits per heavy atom. The van der Waals surface area contributed by atoms with E-state index in [0.717, 1.165) is 0 Å². The van der Waals surface area contributed by atoms with Crippen LogP contribution < -0.4 is 0 Å². The van der Waals surface area contributed by atoms with Crippen LogP contribution in [0.5, 0.6) is 0 Å². The van der Waals surface area contributed by atoms with Crippen LogP contribution in [0.3, 0.4) is 0 Å². The van der Waals surface area contributed by atoms with Crippen LogP contribution in [0, 0.1) is 0 Å². The standard InChI is InChI=1S/C15H30O6/c1-7-13(8-2)16-18-14(9-3,10-4)20-21-15(11-5,12-6)19-17-13/h7-12H2,1-6H3. The summed E-state index contributed by atoms with van der Waals surface area (Å²) < 4.78 is 0. The van der Waals surface area contributed by atoms with Crippen LogP contribution in [0.4, 0.5) is 0 Å². The fourth-order valence-corrected chi connectivity index (χ4v) is 1.95. The Morgan fingerprint density at radius 1 is 0.381 bits per heavy atom. The molecule has 0 bridgehead atoms. The summed E-state index contributed by atoms with van der Waals surface area (Å²) in [6.45, 7) is 11.7. The first-order chi connectivity index (χ1) is 9.99. The van der Waals surface area contributed by atoms with Crippen molar-refractivity contribution in [3.63, 3.8) is 0 Å². The first-order valence-electron chi connectivity index (χ1n) is 8.09. The predicted octanol–water partition coefficient (Wildman–Crippen LogP) is 4.39. The molecule has 0 radical (unpaired) electrons. The van der Waals surface area contributed by atoms with Crippen LogP contribution in [-0.4, -0.2) is 17.4 Å². The van der Waals surface area contributed by atoms with Crippen molar-refractivity contribution < 1.29 is 29.3 Å². The molecule has 0 unspecified atom stereocenters. The molecule has 0 aromatic rings. The van der Waals surface area contributed by atoms with Crippen LogP contribution in [0.25, 0.3) is 0 Å². The lowest BCUT2D eigenvalue weighted by Crippen LogP contribution is -2.40. The van der Waals surface area contributed by atoms with Crippen LogP contribution in [0.2, 0.25) is 0 Å². The molecule has 1 aliphatic rings. The quantitative estimate of drug-likeness (QED) is 0.678. The lowest BCUT2D eigenvalue weighted by Gasteiger charge is -2.32. The van der Waals surface area contributed by atoms with Crippen molar-refractivity contribution in [2.45, 2.75) is 97.4 Å². The molecule has 1 saturated heterocycles. The van der Waals surface area contributed by atoms with Crippen LogP contribution >= 0.6 is 0 Å². The van der Waals surface area contributed by atoms with E-state index in [1.54, 1.807) is 0 Å². The highest BCUT2D eigenvalue weighted by atomic mass is 17.4. The molecular formula is C15H30O6. The van der Waals surface area contributed by atoms with Crippen molar-refractivity contribution >= 4 is 0 Å². The highest BCUT2D eigenvalue weighted by Crippen LogP contribution is 2.36. The van der Waals surface area contributed by atoms with Crippen molar-refractivity contribution in [1.29, 1.82) is 0 Å². The van der Waals surface area contributed by atoms with Gasteiger partial charge in [0.15, 0.2) is 0 Å². The molecule has 0 aromatic heterocycles. The zero-order valence-electron chi connectivity index (χ0n) is 14.2. The fourth-order valence-electron chi connectivity index (χ4n) is 1.95. The summed E-state index contributed by atoms with van der Waals surface area (Å²) in [5, 5.41) is 0. The largest absolute Gasteiger partial charge is 0.233 e. The molecule has 1 fully saturated rings. The lowest BCUT2D eigenvalue weighted by atomic mass is 10.1. The third-order valence-electron chi connectivity index (χ3n) is 4.27. The monoisotopic (exact) mass is 306 g/mol. The molecule has 0 spiro atoms. The Morgan fingerprint density at radius 2 is 0.524 bits per heavy atom. The van der Waals surface area contributed by atoms with Gasteiger partial charge in [0.05, 0.1) is 0 Å². The molecule has 0 N–H and O–H groups in total. The van der Waals surface area contributed by atoms with Gasteiger partial charge < -0.3 is 0 Å². The van der Waals surface area contributed by atoms with E-state index in [1.165, 1.54) is 0 Å². The first kappa shape index (κ1) is 18.8. The van der Waals surface area contributed by atoms with Gasteiger partial charge in [-0.2, -0.15) is 29.3 Å². The maximum absolute atomic E-state index is 5.58. The van der Waals surface area contributed by atoms with Gasteiger partial charge in [-0.25, -0.2) is 0 Å². The third kappa shape index (κ3) is 4.15. The highest BCUT2D eigenvalue weighted by Gasteiger charge is 2.45. The number of hydrogen-bond acceptors (Lipinski definition) is 6. The number of hydrogen-bond donors (Lipinski definition) is 0. The highest BCUT2D eigenvalue weighted by molar-refractivity contribution is 4.69. The summed E-state index contributed by atoms with van der Waals surface area (Å²) in [6, 6.07) is 0. The molecule has 0 amide bonds. The summed E-state index contributed by atoms with van der Waals surface area (Å²) in [6.07, 6.45) is 3.48. The SMILES string of the molecule is CCC1(CC)OOC(CC)(CC)OOC(CC)(CC)OO1. The van der Waals surface area contributed by atoms with Gasteiger partial charge in [-0.15, -0.1) is 0 Å². The van der Waals surface area contributed by atoms with Gasteiger partial charge in [0.2, 0.25) is 17.4 Å². The number of rotatable bonds is 6. The van der Waals surface area contributed by atoms with Gasteiger partial charge in [-0.1, -0.05) is 41.5 Å². The molecule has 0 aromatic carbocycles. The molecule has 21 heavy (non-hydrogen) atoms. The fraction of sp³-hybridized carbons (Fsp3) is 1.00. The van der Waals surface area contributed by atoms with E-state index in [4.69, 9.17) is 29.3 Å². The maximum atomic E-state index is 5.58. The second kappa shape index (κ2) is 7.85. The van der Waals surface area contributed by atoms with Crippen molar-refractivity contribution in [1.82, 2.24) is 0 Å². The minimum Gasteiger partial charge on any atom is -0.195 e. The molecule has 6 nitrogen and oxygen atoms in total. The Labute approximate surface area is 127 Å². The van der Waals surface area contributed by atoms with Crippen molar-refractivity contribution in [2.75, 3.05) is 0 Å². The molecular weight excluding hydrogens is 276 g/mol. The van der Waals surface area contributed by atoms with E-state index in [2.05, 4.69) is 0 Å². The van der Waals surface area contributed by atoms with E-state index in [-0.39, 0.29) is 0 Å². The van der Waals surface area contributed by atoms with Gasteiger partial charge in [-0.3, -0.25) is 0 Å². The zero-order valence-corrected chi connectivity index (χ0v) is 14.2. The molecule has 1 heterocycles. The average Bonchev–Trinajstić information content (AvgIpc) is 2.62. The second-order valence-corrected chi connectivity index (χ2v) is 5.35. The van der Waals surface area contributed by atoms with Gasteiger partial charge in [0.1, 0.15) is 0 Å². The Bertz CT molecular complexity index is 229. The molecule has 126 valence electrons. The van der Waals surface area contributed by atoms with Crippen molar-refractivity contribution in [2.24, 2.45) is 0 Å². The maximum Gasteiger partial charge on any atom is 0.233 e. The normalized spacial score (nSPS) is 24.9. The van der Waals surface area contributed by atoms with Crippen molar-refractivity contribution in [3.8, 4) is 0 Å². The van der Waals surface area contributed by atoms with E-state index in [9.17, 15) is 0 Å². The molecule has 0 saturated carbocycles. The van der Waals surface area contributed by atoms with Gasteiger partial charge in [-0.05, 0) is 0 Å². The van der Waals surface area contributed by atoms with Gasteiger partial charge in [0.25, 0.3) is 0 Å². The summed E-state index contributed by atoms with van der Waals surface area (Å²) in [7, 11) is 0. The van der Waals surface area contributed by atoms with Crippen LogP contribution in [-0.2, 0) is 29.3 Å². The van der Waals surface area contributed by atoms with E-state index < -0.39 is 17.4 Å². The molecule has 1 rings (SSSR count). The summed E-state index contributed by atoms with van der Waals surface area (Å²) in [5.41, 5.74) is 0. The lowest BCUT2D eigenvalue weighted by molar-refractivity contribution is -0.550. The van der Waals surface area contributed by atoms with Gasteiger partial charge >= 0.3 is 0 Å². The smallest absolute Gasteiger partial charge is 0.195 e. The Hall–Kier alpha value is -0.240. The summed E-state index contributed by atoms with van der Waals surface area (Å²) in [4.78, 5) is 33.5. The Balaban J connectivity index is 3.08. The third-order valence-corrected chi connectivity index (χ3v) is 4.27. The van der Waals surface area contributed by atoms with E-state index in [0.29, 0.717) is 38.5 Å². The molecule has 6 heteroatoms. The van der Waals surface area contributed by atoms with E-state index >= 15 is 0 Å². The minimum absolute atomic E-state index is 0.580.